The van der Waals surface area contributed by atoms with Gasteiger partial charge in [0, 0.05) is 36.2 Å². The predicted molar refractivity (Wildman–Crippen MR) is 72.7 cm³/mol. The van der Waals surface area contributed by atoms with Crippen molar-refractivity contribution < 1.29 is 13.5 Å². The molecule has 0 aliphatic carbocycles. The van der Waals surface area contributed by atoms with Crippen molar-refractivity contribution in [1.82, 2.24) is 5.32 Å². The molecule has 2 aromatic rings. The number of benzene rings is 1. The van der Waals surface area contributed by atoms with Gasteiger partial charge in [-0.15, -0.1) is 11.3 Å². The molecule has 102 valence electrons. The van der Waals surface area contributed by atoms with Crippen LogP contribution in [0.25, 0.3) is 0 Å². The molecule has 0 bridgehead atoms. The molecule has 2 rings (SSSR count). The van der Waals surface area contributed by atoms with E-state index >= 15 is 0 Å². The van der Waals surface area contributed by atoms with E-state index in [-0.39, 0.29) is 5.75 Å². The molecule has 0 aliphatic heterocycles. The molecule has 1 aromatic heterocycles. The molecule has 0 saturated heterocycles. The first-order chi connectivity index (χ1) is 9.24. The van der Waals surface area contributed by atoms with Crippen molar-refractivity contribution in [3.05, 3.63) is 52.2 Å². The Balaban J connectivity index is 1.61. The Hall–Kier alpha value is -1.46. The van der Waals surface area contributed by atoms with Crippen molar-refractivity contribution in [1.29, 1.82) is 0 Å². The van der Waals surface area contributed by atoms with Crippen molar-refractivity contribution in [2.24, 2.45) is 0 Å². The number of hydrogen-bond acceptors (Lipinski definition) is 3. The molecular weight excluding hydrogens is 268 g/mol. The van der Waals surface area contributed by atoms with Crippen LogP contribution in [0, 0.1) is 11.6 Å². The maximum atomic E-state index is 12.9. The maximum absolute atomic E-state index is 12.9. The molecule has 0 aliphatic rings. The van der Waals surface area contributed by atoms with Gasteiger partial charge in [-0.3, -0.25) is 0 Å². The van der Waals surface area contributed by atoms with Crippen molar-refractivity contribution in [2.75, 3.05) is 19.7 Å². The van der Waals surface area contributed by atoms with Crippen molar-refractivity contribution in [3.8, 4) is 5.75 Å². The molecule has 2 nitrogen and oxygen atoms in total. The Labute approximate surface area is 115 Å². The van der Waals surface area contributed by atoms with Gasteiger partial charge < -0.3 is 10.1 Å². The Bertz CT molecular complexity index is 482. The van der Waals surface area contributed by atoms with Crippen LogP contribution >= 0.6 is 11.3 Å². The summed E-state index contributed by atoms with van der Waals surface area (Å²) in [6.45, 7) is 1.89. The highest BCUT2D eigenvalue weighted by Gasteiger charge is 2.01. The van der Waals surface area contributed by atoms with Crippen LogP contribution in [0.5, 0.6) is 5.75 Å². The number of hydrogen-bond donors (Lipinski definition) is 1. The van der Waals surface area contributed by atoms with Crippen molar-refractivity contribution in [3.63, 3.8) is 0 Å². The van der Waals surface area contributed by atoms with Crippen LogP contribution in [0.4, 0.5) is 8.78 Å². The second-order valence-corrected chi connectivity index (χ2v) is 5.07. The van der Waals surface area contributed by atoms with E-state index in [9.17, 15) is 8.78 Å². The highest BCUT2D eigenvalue weighted by molar-refractivity contribution is 7.09. The number of rotatable bonds is 7. The Morgan fingerprint density at radius 2 is 1.89 bits per heavy atom. The average molecular weight is 283 g/mol. The summed E-state index contributed by atoms with van der Waals surface area (Å²) in [4.78, 5) is 1.33. The molecule has 1 N–H and O–H groups in total. The maximum Gasteiger partial charge on any atom is 0.129 e. The van der Waals surface area contributed by atoms with Gasteiger partial charge >= 0.3 is 0 Å². The topological polar surface area (TPSA) is 21.3 Å². The quantitative estimate of drug-likeness (QED) is 0.788. The summed E-state index contributed by atoms with van der Waals surface area (Å²) in [7, 11) is 0. The van der Waals surface area contributed by atoms with E-state index in [2.05, 4.69) is 16.8 Å². The summed E-state index contributed by atoms with van der Waals surface area (Å²) in [6, 6.07) is 7.30. The lowest BCUT2D eigenvalue weighted by Gasteiger charge is -2.07. The zero-order valence-electron chi connectivity index (χ0n) is 10.4. The van der Waals surface area contributed by atoms with E-state index in [1.54, 1.807) is 11.3 Å². The molecule has 0 atom stereocenters. The summed E-state index contributed by atoms with van der Waals surface area (Å²) in [5.41, 5.74) is 0. The summed E-state index contributed by atoms with van der Waals surface area (Å²) in [5.74, 6) is -1.03. The molecule has 0 radical (unpaired) electrons. The number of nitrogens with one attached hydrogen (secondary N) is 1. The van der Waals surface area contributed by atoms with Gasteiger partial charge in [0.25, 0.3) is 0 Å². The minimum Gasteiger partial charge on any atom is -0.492 e. The fourth-order valence-corrected chi connectivity index (χ4v) is 2.35. The minimum absolute atomic E-state index is 0.220. The zero-order valence-corrected chi connectivity index (χ0v) is 11.2. The summed E-state index contributed by atoms with van der Waals surface area (Å²) >= 11 is 1.73. The number of halogens is 2. The summed E-state index contributed by atoms with van der Waals surface area (Å²) in [5, 5.41) is 5.27. The standard InChI is InChI=1S/C14H15F2NOS/c15-11-8-12(16)10-13(9-11)18-6-5-17-4-3-14-2-1-7-19-14/h1-2,7-10,17H,3-6H2. The Morgan fingerprint density at radius 3 is 2.58 bits per heavy atom. The molecule has 19 heavy (non-hydrogen) atoms. The third kappa shape index (κ3) is 4.96. The number of ether oxygens (including phenoxy) is 1. The van der Waals surface area contributed by atoms with E-state index in [1.807, 2.05) is 6.07 Å². The first-order valence-corrected chi connectivity index (χ1v) is 6.94. The molecule has 0 amide bonds. The van der Waals surface area contributed by atoms with E-state index in [4.69, 9.17) is 4.74 Å². The van der Waals surface area contributed by atoms with Gasteiger partial charge in [0.2, 0.25) is 0 Å². The van der Waals surface area contributed by atoms with Gasteiger partial charge in [-0.2, -0.15) is 0 Å². The molecule has 5 heteroatoms. The lowest BCUT2D eigenvalue weighted by molar-refractivity contribution is 0.311. The van der Waals surface area contributed by atoms with Gasteiger partial charge in [-0.05, 0) is 17.9 Å². The average Bonchev–Trinajstić information content (AvgIpc) is 2.85. The summed E-state index contributed by atoms with van der Waals surface area (Å²) in [6.07, 6.45) is 0.978. The van der Waals surface area contributed by atoms with Crippen LogP contribution in [0.1, 0.15) is 4.88 Å². The first-order valence-electron chi connectivity index (χ1n) is 6.06. The zero-order chi connectivity index (χ0) is 13.5. The fraction of sp³-hybridized carbons (Fsp3) is 0.286. The first kappa shape index (κ1) is 14.0. The highest BCUT2D eigenvalue weighted by Crippen LogP contribution is 2.14. The lowest BCUT2D eigenvalue weighted by Crippen LogP contribution is -2.23. The smallest absolute Gasteiger partial charge is 0.129 e. The van der Waals surface area contributed by atoms with E-state index in [1.165, 1.54) is 17.0 Å². The number of thiophene rings is 1. The molecule has 1 aromatic carbocycles. The van der Waals surface area contributed by atoms with Crippen LogP contribution in [-0.4, -0.2) is 19.7 Å². The molecule has 0 saturated carbocycles. The highest BCUT2D eigenvalue weighted by atomic mass is 32.1. The second-order valence-electron chi connectivity index (χ2n) is 4.03. The van der Waals surface area contributed by atoms with E-state index in [0.717, 1.165) is 19.0 Å². The van der Waals surface area contributed by atoms with Crippen LogP contribution in [-0.2, 0) is 6.42 Å². The van der Waals surface area contributed by atoms with Gasteiger partial charge in [0.05, 0.1) is 0 Å². The fourth-order valence-electron chi connectivity index (χ4n) is 1.64. The van der Waals surface area contributed by atoms with Crippen LogP contribution in [0.15, 0.2) is 35.7 Å². The predicted octanol–water partition coefficient (Wildman–Crippen LogP) is 3.24. The lowest BCUT2D eigenvalue weighted by atomic mass is 10.3. The van der Waals surface area contributed by atoms with Crippen molar-refractivity contribution >= 4 is 11.3 Å². The normalized spacial score (nSPS) is 10.6. The SMILES string of the molecule is Fc1cc(F)cc(OCCNCCc2cccs2)c1. The van der Waals surface area contributed by atoms with Crippen molar-refractivity contribution in [2.45, 2.75) is 6.42 Å². The third-order valence-corrected chi connectivity index (χ3v) is 3.45. The summed E-state index contributed by atoms with van der Waals surface area (Å²) < 4.78 is 31.0. The second kappa shape index (κ2) is 7.21. The molecule has 0 unspecified atom stereocenters. The monoisotopic (exact) mass is 283 g/mol. The third-order valence-electron chi connectivity index (χ3n) is 2.51. The van der Waals surface area contributed by atoms with Crippen LogP contribution < -0.4 is 10.1 Å². The van der Waals surface area contributed by atoms with Crippen LogP contribution in [0.3, 0.4) is 0 Å². The molecule has 0 fully saturated rings. The van der Waals surface area contributed by atoms with Crippen LogP contribution in [0.2, 0.25) is 0 Å². The van der Waals surface area contributed by atoms with E-state index < -0.39 is 11.6 Å². The molecule has 1 heterocycles. The van der Waals surface area contributed by atoms with Gasteiger partial charge in [0.1, 0.15) is 24.0 Å². The minimum atomic E-state index is -0.624. The largest absolute Gasteiger partial charge is 0.492 e. The van der Waals surface area contributed by atoms with Gasteiger partial charge in [-0.1, -0.05) is 6.07 Å². The van der Waals surface area contributed by atoms with E-state index in [0.29, 0.717) is 13.2 Å². The Morgan fingerprint density at radius 1 is 1.11 bits per heavy atom. The Kier molecular flexibility index (Phi) is 5.30. The molecule has 0 spiro atoms. The van der Waals surface area contributed by atoms with Gasteiger partial charge in [0.15, 0.2) is 0 Å². The molecular formula is C14H15F2NOS. The van der Waals surface area contributed by atoms with Gasteiger partial charge in [-0.25, -0.2) is 8.78 Å².